The molecule has 0 saturated carbocycles. The number of aliphatic hydroxyl groups is 1. The van der Waals surface area contributed by atoms with E-state index >= 15 is 0 Å². The van der Waals surface area contributed by atoms with Gasteiger partial charge in [0, 0.05) is 31.5 Å². The molecule has 2 aliphatic carbocycles. The van der Waals surface area contributed by atoms with Crippen LogP contribution >= 0.6 is 0 Å². The number of likely N-dealkylation sites (N-methyl/N-ethyl adjacent to an activating group) is 1. The zero-order valence-electron chi connectivity index (χ0n) is 26.4. The van der Waals surface area contributed by atoms with Gasteiger partial charge in [0.1, 0.15) is 17.6 Å². The molecule has 1 aromatic carbocycles. The molecule has 5 rings (SSSR count). The smallest absolute Gasteiger partial charge is 0.352 e. The maximum Gasteiger partial charge on any atom is 0.352 e. The number of benzene rings is 1. The van der Waals surface area contributed by atoms with Gasteiger partial charge in [-0.05, 0) is 57.5 Å². The summed E-state index contributed by atoms with van der Waals surface area (Å²) in [5.41, 5.74) is 0.100. The number of carbonyl (C=O) groups is 5. The van der Waals surface area contributed by atoms with Gasteiger partial charge in [-0.15, -0.1) is 0 Å². The number of likely N-dealkylation sites (tertiary alicyclic amines) is 1. The molecular weight excluding hydrogens is 582 g/mol. The Balaban J connectivity index is 1.22. The molecule has 2 heterocycles. The first-order valence-corrected chi connectivity index (χ1v) is 15.8. The Kier molecular flexibility index (Phi) is 9.36. The van der Waals surface area contributed by atoms with Crippen molar-refractivity contribution in [2.75, 3.05) is 20.1 Å². The number of nitrogens with one attached hydrogen (secondary N) is 2. The minimum Gasteiger partial charge on any atom is -0.480 e. The Bertz CT molecular complexity index is 1410. The fraction of sp³-hybridized carbons (Fsp3) is 0.606. The lowest BCUT2D eigenvalue weighted by atomic mass is 9.50. The normalized spacial score (nSPS) is 27.2. The number of amides is 2. The zero-order valence-corrected chi connectivity index (χ0v) is 26.4. The van der Waals surface area contributed by atoms with Crippen molar-refractivity contribution in [3.05, 3.63) is 40.7 Å². The van der Waals surface area contributed by atoms with Crippen molar-refractivity contribution in [1.29, 1.82) is 0 Å². The highest BCUT2D eigenvalue weighted by atomic mass is 16.6. The SMILES string of the molecule is CCCCC[C@H](NC(C)=O)C(=O)NCCC(=O)O[C@@H](C)C(=O)OC1=CC[C@@]2(O)[C@H]3Cc4ccc(C=O)c5c4[C@@]2(CCN3C)[C@H]1O5. The third kappa shape index (κ3) is 5.74. The average Bonchev–Trinajstić information content (AvgIpc) is 3.35. The molecule has 0 aromatic heterocycles. The molecule has 12 heteroatoms. The van der Waals surface area contributed by atoms with Crippen LogP contribution in [0.3, 0.4) is 0 Å². The molecule has 2 amide bonds. The van der Waals surface area contributed by atoms with Crippen LogP contribution in [0.1, 0.15) is 87.2 Å². The largest absolute Gasteiger partial charge is 0.480 e. The van der Waals surface area contributed by atoms with Crippen molar-refractivity contribution in [1.82, 2.24) is 15.5 Å². The number of aldehydes is 1. The van der Waals surface area contributed by atoms with Crippen molar-refractivity contribution in [3.8, 4) is 5.75 Å². The molecule has 45 heavy (non-hydrogen) atoms. The van der Waals surface area contributed by atoms with Crippen molar-refractivity contribution in [2.24, 2.45) is 0 Å². The summed E-state index contributed by atoms with van der Waals surface area (Å²) in [7, 11) is 1.99. The quantitative estimate of drug-likeness (QED) is 0.168. The number of unbranched alkanes of at least 4 members (excludes halogenated alkanes) is 2. The Morgan fingerprint density at radius 1 is 1.24 bits per heavy atom. The number of nitrogens with zero attached hydrogens (tertiary/aromatic N) is 1. The van der Waals surface area contributed by atoms with Gasteiger partial charge in [0.05, 0.1) is 23.0 Å². The van der Waals surface area contributed by atoms with Crippen molar-refractivity contribution in [3.63, 3.8) is 0 Å². The second-order valence-corrected chi connectivity index (χ2v) is 12.6. The predicted molar refractivity (Wildman–Crippen MR) is 161 cm³/mol. The van der Waals surface area contributed by atoms with E-state index in [1.54, 1.807) is 12.1 Å². The lowest BCUT2D eigenvalue weighted by Crippen LogP contribution is -2.74. The van der Waals surface area contributed by atoms with E-state index in [-0.39, 0.29) is 43.0 Å². The highest BCUT2D eigenvalue weighted by molar-refractivity contribution is 5.87. The van der Waals surface area contributed by atoms with Gasteiger partial charge in [-0.3, -0.25) is 19.2 Å². The van der Waals surface area contributed by atoms with Crippen LogP contribution in [0.4, 0.5) is 0 Å². The fourth-order valence-corrected chi connectivity index (χ4v) is 7.59. The van der Waals surface area contributed by atoms with Gasteiger partial charge in [0.25, 0.3) is 0 Å². The van der Waals surface area contributed by atoms with Crippen molar-refractivity contribution >= 4 is 30.0 Å². The number of hydrogen-bond acceptors (Lipinski definition) is 10. The molecule has 6 atom stereocenters. The van der Waals surface area contributed by atoms with Crippen LogP contribution in [0.15, 0.2) is 24.0 Å². The number of carbonyl (C=O) groups excluding carboxylic acids is 5. The van der Waals surface area contributed by atoms with Crippen LogP contribution < -0.4 is 15.4 Å². The van der Waals surface area contributed by atoms with E-state index in [0.29, 0.717) is 37.1 Å². The summed E-state index contributed by atoms with van der Waals surface area (Å²) in [6.07, 6.45) is 4.67. The average molecular weight is 626 g/mol. The van der Waals surface area contributed by atoms with E-state index in [4.69, 9.17) is 14.2 Å². The van der Waals surface area contributed by atoms with Crippen LogP contribution in [0.25, 0.3) is 0 Å². The second-order valence-electron chi connectivity index (χ2n) is 12.6. The van der Waals surface area contributed by atoms with E-state index < -0.39 is 41.2 Å². The topological polar surface area (TPSA) is 161 Å². The maximum absolute atomic E-state index is 13.2. The van der Waals surface area contributed by atoms with Gasteiger partial charge in [0.2, 0.25) is 11.8 Å². The first-order chi connectivity index (χ1) is 21.5. The molecule has 2 aliphatic heterocycles. The van der Waals surface area contributed by atoms with Crippen molar-refractivity contribution in [2.45, 2.75) is 107 Å². The molecule has 1 saturated heterocycles. The third-order valence-electron chi connectivity index (χ3n) is 9.81. The van der Waals surface area contributed by atoms with Crippen molar-refractivity contribution < 1.29 is 43.3 Å². The molecule has 12 nitrogen and oxygen atoms in total. The van der Waals surface area contributed by atoms with Gasteiger partial charge >= 0.3 is 11.9 Å². The highest BCUT2D eigenvalue weighted by Gasteiger charge is 2.72. The summed E-state index contributed by atoms with van der Waals surface area (Å²) in [6, 6.07) is 2.77. The Morgan fingerprint density at radius 2 is 2.02 bits per heavy atom. The summed E-state index contributed by atoms with van der Waals surface area (Å²) in [5.74, 6) is -1.57. The zero-order chi connectivity index (χ0) is 32.5. The van der Waals surface area contributed by atoms with Gasteiger partial charge < -0.3 is 34.9 Å². The highest BCUT2D eigenvalue weighted by Crippen LogP contribution is 2.64. The van der Waals surface area contributed by atoms with E-state index in [1.165, 1.54) is 13.8 Å². The van der Waals surface area contributed by atoms with E-state index in [1.807, 2.05) is 20.0 Å². The van der Waals surface area contributed by atoms with Gasteiger partial charge in [-0.25, -0.2) is 4.79 Å². The minimum absolute atomic E-state index is 0.0270. The predicted octanol–water partition coefficient (Wildman–Crippen LogP) is 1.84. The molecule has 4 aliphatic rings. The van der Waals surface area contributed by atoms with Crippen LogP contribution in [0.5, 0.6) is 5.75 Å². The number of ether oxygens (including phenoxy) is 3. The monoisotopic (exact) mass is 625 g/mol. The summed E-state index contributed by atoms with van der Waals surface area (Å²) in [4.78, 5) is 63.9. The summed E-state index contributed by atoms with van der Waals surface area (Å²) in [5, 5.41) is 17.6. The van der Waals surface area contributed by atoms with Gasteiger partial charge in [-0.2, -0.15) is 0 Å². The van der Waals surface area contributed by atoms with Gasteiger partial charge in [0.15, 0.2) is 18.5 Å². The van der Waals surface area contributed by atoms with Crippen LogP contribution in [0.2, 0.25) is 0 Å². The number of rotatable bonds is 13. The lowest BCUT2D eigenvalue weighted by Gasteiger charge is -2.61. The Labute approximate surface area is 262 Å². The first-order valence-electron chi connectivity index (χ1n) is 15.8. The van der Waals surface area contributed by atoms with Crippen LogP contribution in [-0.2, 0) is 40.5 Å². The molecule has 0 radical (unpaired) electrons. The molecule has 244 valence electrons. The molecular formula is C33H43N3O9. The summed E-state index contributed by atoms with van der Waals surface area (Å²) < 4.78 is 17.5. The molecule has 3 N–H and O–H groups in total. The standard InChI is InChI=1S/C33H43N3O9/c1-5-6-7-8-23(35-20(3)38)30(40)34-15-12-26(39)43-19(2)31(41)44-24-11-13-33(42)25-17-21-9-10-22(18-37)28-27(21)32(33,29(24)45-28)14-16-36(25)4/h9-11,18-19,23,25,29,42H,5-8,12-17H2,1-4H3,(H,34,40)(H,35,38)/t19-,23-,25+,29-,32-,33+/m0/s1. The fourth-order valence-electron chi connectivity index (χ4n) is 7.59. The van der Waals surface area contributed by atoms with E-state index in [0.717, 1.165) is 36.7 Å². The van der Waals surface area contributed by atoms with E-state index in [9.17, 15) is 29.1 Å². The van der Waals surface area contributed by atoms with Crippen LogP contribution in [-0.4, -0.2) is 90.1 Å². The maximum atomic E-state index is 13.2. The Morgan fingerprint density at radius 3 is 2.73 bits per heavy atom. The molecule has 1 fully saturated rings. The Hall–Kier alpha value is -3.77. The minimum atomic E-state index is -1.25. The third-order valence-corrected chi connectivity index (χ3v) is 9.81. The van der Waals surface area contributed by atoms with E-state index in [2.05, 4.69) is 15.5 Å². The first kappa shape index (κ1) is 32.6. The molecule has 0 unspecified atom stereocenters. The molecule has 1 spiro atoms. The molecule has 2 bridgehead atoms. The number of hydrogen-bond donors (Lipinski definition) is 3. The second kappa shape index (κ2) is 12.9. The molecule has 1 aromatic rings. The van der Waals surface area contributed by atoms with Gasteiger partial charge in [-0.1, -0.05) is 32.3 Å². The summed E-state index contributed by atoms with van der Waals surface area (Å²) in [6.45, 7) is 5.45. The summed E-state index contributed by atoms with van der Waals surface area (Å²) >= 11 is 0. The number of esters is 2. The van der Waals surface area contributed by atoms with Crippen LogP contribution in [0, 0.1) is 0 Å². The number of piperidine rings is 1. The lowest BCUT2D eigenvalue weighted by molar-refractivity contribution is -0.175.